The molecule has 0 radical (unpaired) electrons. The number of nitrogens with one attached hydrogen (secondary N) is 1. The Balaban J connectivity index is 2.14. The van der Waals surface area contributed by atoms with Crippen molar-refractivity contribution in [3.05, 3.63) is 67.5 Å². The number of carboxylic acid groups (broad SMARTS) is 1. The maximum atomic E-state index is 12.8. The molecule has 0 aromatic carbocycles. The first-order valence-corrected chi connectivity index (χ1v) is 10.9. The third-order valence-corrected chi connectivity index (χ3v) is 5.74. The van der Waals surface area contributed by atoms with Crippen LogP contribution in [0.15, 0.2) is 45.3 Å². The van der Waals surface area contributed by atoms with Gasteiger partial charge < -0.3 is 14.6 Å². The largest absolute Gasteiger partial charge is 0.507 e. The van der Waals surface area contributed by atoms with Crippen LogP contribution in [-0.4, -0.2) is 22.1 Å². The number of carbonyl (C=O) groups excluding carboxylic acids is 1. The molecule has 0 fully saturated rings. The molecule has 8 heteroatoms. The Morgan fingerprint density at radius 3 is 2.71 bits per heavy atom. The van der Waals surface area contributed by atoms with E-state index in [1.165, 1.54) is 17.1 Å². The smallest absolute Gasteiger partial charge is 0.408 e. The van der Waals surface area contributed by atoms with Gasteiger partial charge in [-0.15, -0.1) is 11.3 Å². The predicted molar refractivity (Wildman–Crippen MR) is 121 cm³/mol. The lowest BCUT2D eigenvalue weighted by Crippen LogP contribution is -2.16. The summed E-state index contributed by atoms with van der Waals surface area (Å²) in [7, 11) is 0. The van der Waals surface area contributed by atoms with Crippen LogP contribution in [-0.2, 0) is 6.42 Å². The van der Waals surface area contributed by atoms with Crippen LogP contribution in [0.5, 0.6) is 5.75 Å². The van der Waals surface area contributed by atoms with Gasteiger partial charge in [0, 0.05) is 27.9 Å². The molecule has 0 bridgehead atoms. The van der Waals surface area contributed by atoms with E-state index >= 15 is 0 Å². The molecular formula is C23H27NO6S. The minimum atomic E-state index is -1.15. The van der Waals surface area contributed by atoms with E-state index in [-0.39, 0.29) is 17.2 Å². The van der Waals surface area contributed by atoms with E-state index in [0.29, 0.717) is 18.4 Å². The molecule has 0 saturated heterocycles. The summed E-state index contributed by atoms with van der Waals surface area (Å²) in [6.07, 6.45) is 6.63. The van der Waals surface area contributed by atoms with E-state index in [9.17, 15) is 19.5 Å². The number of hydrogen-bond acceptors (Lipinski definition) is 6. The van der Waals surface area contributed by atoms with Gasteiger partial charge in [0.1, 0.15) is 17.1 Å². The molecule has 2 heterocycles. The topological polar surface area (TPSA) is 117 Å². The van der Waals surface area contributed by atoms with Gasteiger partial charge >= 0.3 is 11.7 Å². The minimum absolute atomic E-state index is 0.211. The molecule has 7 nitrogen and oxygen atoms in total. The van der Waals surface area contributed by atoms with Crippen molar-refractivity contribution in [1.82, 2.24) is 5.32 Å². The number of thiophene rings is 1. The van der Waals surface area contributed by atoms with E-state index in [0.717, 1.165) is 17.7 Å². The number of carbonyl (C=O) groups is 2. The SMILES string of the molecule is CCCc1ccc(/C=C(\C)C(=O)c2c(O)cc(C(C)CC/C=C/NC(=O)O)oc2=O)s1. The molecule has 2 aromatic rings. The van der Waals surface area contributed by atoms with Gasteiger partial charge in [0.2, 0.25) is 0 Å². The Bertz CT molecular complexity index is 1050. The zero-order valence-electron chi connectivity index (χ0n) is 17.8. The van der Waals surface area contributed by atoms with E-state index in [2.05, 4.69) is 12.2 Å². The zero-order valence-corrected chi connectivity index (χ0v) is 18.6. The molecule has 0 aliphatic rings. The highest BCUT2D eigenvalue weighted by Crippen LogP contribution is 2.27. The van der Waals surface area contributed by atoms with Crippen molar-refractivity contribution in [3.8, 4) is 5.75 Å². The monoisotopic (exact) mass is 445 g/mol. The summed E-state index contributed by atoms with van der Waals surface area (Å²) in [4.78, 5) is 37.7. The summed E-state index contributed by atoms with van der Waals surface area (Å²) < 4.78 is 5.31. The van der Waals surface area contributed by atoms with E-state index in [4.69, 9.17) is 9.52 Å². The third kappa shape index (κ3) is 6.96. The molecule has 0 aliphatic heterocycles. The van der Waals surface area contributed by atoms with Crippen molar-refractivity contribution in [2.24, 2.45) is 0 Å². The van der Waals surface area contributed by atoms with Crippen LogP contribution in [0.1, 0.15) is 71.8 Å². The fourth-order valence-corrected chi connectivity index (χ4v) is 4.10. The number of aromatic hydroxyl groups is 1. The number of rotatable bonds is 10. The van der Waals surface area contributed by atoms with Crippen molar-refractivity contribution < 1.29 is 24.2 Å². The number of aryl methyl sites for hydroxylation is 1. The van der Waals surface area contributed by atoms with Gasteiger partial charge in [0.15, 0.2) is 5.78 Å². The average Bonchev–Trinajstić information content (AvgIpc) is 3.13. The number of ketones is 1. The molecule has 2 aromatic heterocycles. The Morgan fingerprint density at radius 2 is 2.06 bits per heavy atom. The molecule has 0 aliphatic carbocycles. The molecule has 31 heavy (non-hydrogen) atoms. The highest BCUT2D eigenvalue weighted by Gasteiger charge is 2.22. The van der Waals surface area contributed by atoms with Gasteiger partial charge in [0.05, 0.1) is 0 Å². The van der Waals surface area contributed by atoms with Crippen LogP contribution in [0.2, 0.25) is 0 Å². The maximum Gasteiger partial charge on any atom is 0.408 e. The summed E-state index contributed by atoms with van der Waals surface area (Å²) in [5.74, 6) is -0.921. The molecule has 0 saturated carbocycles. The van der Waals surface area contributed by atoms with Gasteiger partial charge in [-0.3, -0.25) is 10.1 Å². The third-order valence-electron chi connectivity index (χ3n) is 4.65. The first kappa shape index (κ1) is 24.1. The number of hydrogen-bond donors (Lipinski definition) is 3. The Hall–Kier alpha value is -3.13. The highest BCUT2D eigenvalue weighted by atomic mass is 32.1. The van der Waals surface area contributed by atoms with Gasteiger partial charge in [-0.2, -0.15) is 0 Å². The van der Waals surface area contributed by atoms with Crippen molar-refractivity contribution in [1.29, 1.82) is 0 Å². The second-order valence-electron chi connectivity index (χ2n) is 7.24. The fraction of sp³-hybridized carbons (Fsp3) is 0.348. The molecule has 1 atom stereocenters. The summed E-state index contributed by atoms with van der Waals surface area (Å²) >= 11 is 1.59. The van der Waals surface area contributed by atoms with Gasteiger partial charge in [-0.05, 0) is 50.0 Å². The van der Waals surface area contributed by atoms with Crippen molar-refractivity contribution >= 4 is 29.3 Å². The molecule has 3 N–H and O–H groups in total. The Kier molecular flexibility index (Phi) is 8.81. The van der Waals surface area contributed by atoms with Crippen LogP contribution in [0, 0.1) is 0 Å². The molecule has 166 valence electrons. The normalized spacial score (nSPS) is 12.8. The van der Waals surface area contributed by atoms with Crippen molar-refractivity contribution in [2.45, 2.75) is 52.4 Å². The molecule has 0 spiro atoms. The Morgan fingerprint density at radius 1 is 1.32 bits per heavy atom. The minimum Gasteiger partial charge on any atom is -0.507 e. The fourth-order valence-electron chi connectivity index (χ4n) is 2.98. The van der Waals surface area contributed by atoms with E-state index < -0.39 is 23.3 Å². The maximum absolute atomic E-state index is 12.8. The van der Waals surface area contributed by atoms with Crippen molar-refractivity contribution in [3.63, 3.8) is 0 Å². The quantitative estimate of drug-likeness (QED) is 0.337. The summed E-state index contributed by atoms with van der Waals surface area (Å²) in [6.45, 7) is 5.52. The average molecular weight is 446 g/mol. The molecular weight excluding hydrogens is 418 g/mol. The Labute approximate surface area is 184 Å². The number of Topliss-reactive ketones (excluding diaryl/α,β-unsaturated/α-hetero) is 1. The van der Waals surface area contributed by atoms with Gasteiger partial charge in [-0.25, -0.2) is 9.59 Å². The molecule has 1 unspecified atom stereocenters. The lowest BCUT2D eigenvalue weighted by molar-refractivity contribution is 0.102. The van der Waals surface area contributed by atoms with E-state index in [1.807, 2.05) is 19.1 Å². The lowest BCUT2D eigenvalue weighted by atomic mass is 10.00. The first-order valence-electron chi connectivity index (χ1n) is 10.1. The summed E-state index contributed by atoms with van der Waals surface area (Å²) in [6, 6.07) is 5.25. The summed E-state index contributed by atoms with van der Waals surface area (Å²) in [5, 5.41) is 21.0. The second kappa shape index (κ2) is 11.3. The number of amides is 1. The molecule has 1 amide bonds. The van der Waals surface area contributed by atoms with Crippen molar-refractivity contribution in [2.75, 3.05) is 0 Å². The standard InChI is InChI=1S/C23H27NO6S/c1-4-7-16-9-10-17(31-16)12-15(3)21(26)20-18(25)13-19(30-22(20)27)14(2)8-5-6-11-24-23(28)29/h6,9-14,24-25H,4-5,7-8H2,1-3H3,(H,28,29)/b11-6+,15-12+. The van der Waals surface area contributed by atoms with Crippen LogP contribution in [0.4, 0.5) is 4.79 Å². The van der Waals surface area contributed by atoms with E-state index in [1.54, 1.807) is 30.4 Å². The lowest BCUT2D eigenvalue weighted by Gasteiger charge is -2.11. The van der Waals surface area contributed by atoms with Gasteiger partial charge in [-0.1, -0.05) is 26.3 Å². The van der Waals surface area contributed by atoms with Crippen LogP contribution < -0.4 is 10.9 Å². The van der Waals surface area contributed by atoms with Crippen LogP contribution in [0.25, 0.3) is 6.08 Å². The van der Waals surface area contributed by atoms with Crippen LogP contribution in [0.3, 0.4) is 0 Å². The zero-order chi connectivity index (χ0) is 23.0. The molecule has 2 rings (SSSR count). The van der Waals surface area contributed by atoms with Crippen LogP contribution >= 0.6 is 11.3 Å². The predicted octanol–water partition coefficient (Wildman–Crippen LogP) is 5.31. The highest BCUT2D eigenvalue weighted by molar-refractivity contribution is 7.12. The number of allylic oxidation sites excluding steroid dienone is 2. The second-order valence-corrected chi connectivity index (χ2v) is 8.44. The summed E-state index contributed by atoms with van der Waals surface area (Å²) in [5.41, 5.74) is -0.912. The first-order chi connectivity index (χ1) is 14.7. The van der Waals surface area contributed by atoms with Gasteiger partial charge in [0.25, 0.3) is 0 Å².